The fourth-order valence-electron chi connectivity index (χ4n) is 4.81. The number of hydrogen-bond donors (Lipinski definition) is 1. The number of halogens is 1. The van der Waals surface area contributed by atoms with Gasteiger partial charge in [0.1, 0.15) is 29.8 Å². The van der Waals surface area contributed by atoms with E-state index < -0.39 is 0 Å². The Morgan fingerprint density at radius 2 is 1.71 bits per heavy atom. The molecule has 1 N–H and O–H groups in total. The molecule has 3 heterocycles. The van der Waals surface area contributed by atoms with Crippen LogP contribution in [0.2, 0.25) is 5.02 Å². The summed E-state index contributed by atoms with van der Waals surface area (Å²) in [7, 11) is 0. The number of rotatable bonds is 3. The van der Waals surface area contributed by atoms with Gasteiger partial charge in [-0.1, -0.05) is 59.8 Å². The zero-order valence-electron chi connectivity index (χ0n) is 15.1. The zero-order valence-corrected chi connectivity index (χ0v) is 16.7. The number of quaternary nitrogens is 1. The molecule has 1 unspecified atom stereocenters. The molecule has 5 atom stereocenters. The van der Waals surface area contributed by atoms with Crippen LogP contribution in [-0.2, 0) is 9.59 Å². The van der Waals surface area contributed by atoms with E-state index in [0.29, 0.717) is 10.7 Å². The SMILES string of the molecule is O=C1[C@H]2[C@H](C(=O)N1c1ccc(Cl)cc1)[C@H](/C=C/c1ccccc1)[NH+]1CSC[C@H]21. The molecule has 28 heavy (non-hydrogen) atoms. The highest BCUT2D eigenvalue weighted by Crippen LogP contribution is 2.40. The number of anilines is 1. The van der Waals surface area contributed by atoms with E-state index in [1.54, 1.807) is 24.3 Å². The third-order valence-corrected chi connectivity index (χ3v) is 7.45. The van der Waals surface area contributed by atoms with Gasteiger partial charge in [0.15, 0.2) is 0 Å². The maximum absolute atomic E-state index is 13.4. The van der Waals surface area contributed by atoms with E-state index in [1.165, 1.54) is 9.80 Å². The number of nitrogens with one attached hydrogen (secondary N) is 1. The molecule has 3 fully saturated rings. The molecule has 3 saturated heterocycles. The lowest BCUT2D eigenvalue weighted by Gasteiger charge is -2.23. The monoisotopic (exact) mass is 411 g/mol. The molecule has 3 aliphatic rings. The lowest BCUT2D eigenvalue weighted by atomic mass is 9.89. The normalized spacial score (nSPS) is 31.6. The van der Waals surface area contributed by atoms with Gasteiger partial charge in [-0.25, -0.2) is 4.90 Å². The lowest BCUT2D eigenvalue weighted by Crippen LogP contribution is -3.15. The summed E-state index contributed by atoms with van der Waals surface area (Å²) in [5, 5.41) is 0.592. The van der Waals surface area contributed by atoms with Gasteiger partial charge in [-0.15, -0.1) is 0 Å². The van der Waals surface area contributed by atoms with E-state index in [1.807, 2.05) is 30.0 Å². The van der Waals surface area contributed by atoms with Crippen LogP contribution in [0.1, 0.15) is 5.56 Å². The number of amides is 2. The van der Waals surface area contributed by atoms with Crippen LogP contribution < -0.4 is 9.80 Å². The first kappa shape index (κ1) is 18.0. The molecule has 0 spiro atoms. The van der Waals surface area contributed by atoms with Gasteiger partial charge in [0.05, 0.1) is 11.4 Å². The second kappa shape index (κ2) is 7.07. The molecule has 4 nitrogen and oxygen atoms in total. The molecule has 6 heteroatoms. The first-order valence-corrected chi connectivity index (χ1v) is 11.0. The molecule has 0 aromatic heterocycles. The van der Waals surface area contributed by atoms with Crippen molar-refractivity contribution in [2.75, 3.05) is 16.5 Å². The minimum Gasteiger partial charge on any atom is -0.316 e. The van der Waals surface area contributed by atoms with E-state index in [9.17, 15) is 9.59 Å². The number of carbonyl (C=O) groups is 2. The van der Waals surface area contributed by atoms with Crippen LogP contribution in [0.15, 0.2) is 60.7 Å². The molecule has 5 rings (SSSR count). The van der Waals surface area contributed by atoms with E-state index in [0.717, 1.165) is 17.2 Å². The van der Waals surface area contributed by atoms with Gasteiger partial charge in [-0.3, -0.25) is 9.59 Å². The van der Waals surface area contributed by atoms with Crippen molar-refractivity contribution in [3.8, 4) is 0 Å². The van der Waals surface area contributed by atoms with Crippen LogP contribution in [0.5, 0.6) is 0 Å². The Labute approximate surface area is 173 Å². The summed E-state index contributed by atoms with van der Waals surface area (Å²) >= 11 is 7.85. The molecular weight excluding hydrogens is 392 g/mol. The number of nitrogens with zero attached hydrogens (tertiary/aromatic N) is 1. The van der Waals surface area contributed by atoms with Crippen LogP contribution in [0.4, 0.5) is 5.69 Å². The van der Waals surface area contributed by atoms with E-state index in [4.69, 9.17) is 11.6 Å². The average Bonchev–Trinajstić information content (AvgIpc) is 3.35. The second-order valence-corrected chi connectivity index (χ2v) is 9.00. The van der Waals surface area contributed by atoms with E-state index >= 15 is 0 Å². The van der Waals surface area contributed by atoms with Crippen molar-refractivity contribution in [2.45, 2.75) is 12.1 Å². The summed E-state index contributed by atoms with van der Waals surface area (Å²) in [4.78, 5) is 29.4. The quantitative estimate of drug-likeness (QED) is 0.789. The third kappa shape index (κ3) is 2.81. The maximum Gasteiger partial charge on any atom is 0.244 e. The third-order valence-electron chi connectivity index (χ3n) is 6.07. The smallest absolute Gasteiger partial charge is 0.244 e. The summed E-state index contributed by atoms with van der Waals surface area (Å²) in [5.41, 5.74) is 1.73. The highest BCUT2D eigenvalue weighted by molar-refractivity contribution is 7.99. The highest BCUT2D eigenvalue weighted by atomic mass is 35.5. The van der Waals surface area contributed by atoms with E-state index in [-0.39, 0.29) is 35.7 Å². The molecule has 2 aromatic carbocycles. The van der Waals surface area contributed by atoms with Crippen LogP contribution in [0, 0.1) is 11.8 Å². The molecule has 0 bridgehead atoms. The number of thioether (sulfide) groups is 1. The van der Waals surface area contributed by atoms with Crippen molar-refractivity contribution in [1.29, 1.82) is 0 Å². The molecule has 3 aliphatic heterocycles. The Morgan fingerprint density at radius 1 is 1.00 bits per heavy atom. The molecule has 2 amide bonds. The molecule has 2 aromatic rings. The topological polar surface area (TPSA) is 41.8 Å². The van der Waals surface area contributed by atoms with Crippen molar-refractivity contribution < 1.29 is 14.5 Å². The molecular formula is C22H20ClN2O2S+. The Kier molecular flexibility index (Phi) is 4.54. The number of benzene rings is 2. The number of imide groups is 1. The predicted molar refractivity (Wildman–Crippen MR) is 112 cm³/mol. The van der Waals surface area contributed by atoms with Crippen LogP contribution in [-0.4, -0.2) is 35.5 Å². The van der Waals surface area contributed by atoms with Gasteiger partial charge < -0.3 is 4.90 Å². The Morgan fingerprint density at radius 3 is 2.46 bits per heavy atom. The number of hydrogen-bond acceptors (Lipinski definition) is 3. The van der Waals surface area contributed by atoms with Crippen molar-refractivity contribution >= 4 is 46.9 Å². The molecule has 0 radical (unpaired) electrons. The summed E-state index contributed by atoms with van der Waals surface area (Å²) in [6.07, 6.45) is 4.23. The molecule has 142 valence electrons. The van der Waals surface area contributed by atoms with Gasteiger partial charge in [-0.2, -0.15) is 0 Å². The van der Waals surface area contributed by atoms with Crippen molar-refractivity contribution in [3.63, 3.8) is 0 Å². The predicted octanol–water partition coefficient (Wildman–Crippen LogP) is 2.50. The first-order valence-electron chi connectivity index (χ1n) is 9.45. The van der Waals surface area contributed by atoms with Crippen molar-refractivity contribution in [1.82, 2.24) is 0 Å². The Hall–Kier alpha value is -2.08. The summed E-state index contributed by atoms with van der Waals surface area (Å²) < 4.78 is 0. The summed E-state index contributed by atoms with van der Waals surface area (Å²) in [6, 6.07) is 17.3. The van der Waals surface area contributed by atoms with Gasteiger partial charge in [0.2, 0.25) is 11.8 Å². The first-order chi connectivity index (χ1) is 13.6. The fourth-order valence-corrected chi connectivity index (χ4v) is 6.37. The van der Waals surface area contributed by atoms with Crippen LogP contribution >= 0.6 is 23.4 Å². The lowest BCUT2D eigenvalue weighted by molar-refractivity contribution is -0.912. The molecule has 0 aliphatic carbocycles. The van der Waals surface area contributed by atoms with Gasteiger partial charge in [0.25, 0.3) is 0 Å². The maximum atomic E-state index is 13.4. The average molecular weight is 412 g/mol. The summed E-state index contributed by atoms with van der Waals surface area (Å²) in [5.74, 6) is 1.22. The highest BCUT2D eigenvalue weighted by Gasteiger charge is 2.65. The Bertz CT molecular complexity index is 947. The largest absolute Gasteiger partial charge is 0.316 e. The van der Waals surface area contributed by atoms with Crippen LogP contribution in [0.25, 0.3) is 6.08 Å². The molecule has 0 saturated carbocycles. The Balaban J connectivity index is 1.50. The minimum absolute atomic E-state index is 0.0268. The van der Waals surface area contributed by atoms with Crippen molar-refractivity contribution in [3.05, 3.63) is 71.3 Å². The number of fused-ring (bicyclic) bond motifs is 3. The minimum atomic E-state index is -0.288. The second-order valence-electron chi connectivity index (χ2n) is 7.53. The zero-order chi connectivity index (χ0) is 19.3. The standard InChI is InChI=1S/C22H19ClN2O2S/c23-15-7-9-16(10-8-15)25-21(26)19-17(11-6-14-4-2-1-3-5-14)24-13-28-12-18(24)20(19)22(25)27/h1-11,17-20H,12-13H2/p+1/b11-6+/t17-,18+,19+,20+/m0/s1. The van der Waals surface area contributed by atoms with Crippen LogP contribution in [0.3, 0.4) is 0 Å². The fraction of sp³-hybridized carbons (Fsp3) is 0.273. The van der Waals surface area contributed by atoms with Crippen molar-refractivity contribution in [2.24, 2.45) is 11.8 Å². The van der Waals surface area contributed by atoms with E-state index in [2.05, 4.69) is 24.3 Å². The summed E-state index contributed by atoms with van der Waals surface area (Å²) in [6.45, 7) is 0. The number of carbonyl (C=O) groups excluding carboxylic acids is 2. The van der Waals surface area contributed by atoms with Gasteiger partial charge in [-0.05, 0) is 35.9 Å². The van der Waals surface area contributed by atoms with Gasteiger partial charge in [0, 0.05) is 5.02 Å². The van der Waals surface area contributed by atoms with Gasteiger partial charge >= 0.3 is 0 Å².